The molecule has 0 atom stereocenters. The number of hydrogen-bond donors (Lipinski definition) is 0. The second-order valence-corrected chi connectivity index (χ2v) is 4.72. The molecule has 0 spiro atoms. The first-order chi connectivity index (χ1) is 9.56. The number of benzene rings is 2. The van der Waals surface area contributed by atoms with E-state index in [2.05, 4.69) is 0 Å². The Labute approximate surface area is 119 Å². The number of ether oxygens (including phenoxy) is 2. The topological polar surface area (TPSA) is 35.5 Å². The highest BCUT2D eigenvalue weighted by molar-refractivity contribution is 6.10. The van der Waals surface area contributed by atoms with Gasteiger partial charge in [0.25, 0.3) is 0 Å². The third kappa shape index (κ3) is 2.67. The maximum Gasteiger partial charge on any atom is 0.193 e. The van der Waals surface area contributed by atoms with Crippen LogP contribution in [0.5, 0.6) is 11.5 Å². The van der Waals surface area contributed by atoms with Crippen molar-refractivity contribution < 1.29 is 14.3 Å². The van der Waals surface area contributed by atoms with Gasteiger partial charge in [-0.25, -0.2) is 0 Å². The first kappa shape index (κ1) is 14.1. The van der Waals surface area contributed by atoms with Gasteiger partial charge in [0.05, 0.1) is 14.2 Å². The minimum absolute atomic E-state index is 0.00727. The average molecular weight is 270 g/mol. The van der Waals surface area contributed by atoms with Crippen molar-refractivity contribution in [3.05, 3.63) is 58.7 Å². The summed E-state index contributed by atoms with van der Waals surface area (Å²) in [7, 11) is 3.13. The van der Waals surface area contributed by atoms with Crippen molar-refractivity contribution in [1.29, 1.82) is 0 Å². The molecule has 2 rings (SSSR count). The van der Waals surface area contributed by atoms with Crippen molar-refractivity contribution >= 4 is 5.78 Å². The summed E-state index contributed by atoms with van der Waals surface area (Å²) in [5, 5.41) is 0. The Morgan fingerprint density at radius 1 is 0.900 bits per heavy atom. The van der Waals surface area contributed by atoms with Crippen molar-refractivity contribution in [2.45, 2.75) is 13.8 Å². The molecule has 0 aliphatic heterocycles. The van der Waals surface area contributed by atoms with Crippen molar-refractivity contribution in [2.24, 2.45) is 0 Å². The van der Waals surface area contributed by atoms with Gasteiger partial charge in [0.1, 0.15) is 0 Å². The molecule has 2 aromatic rings. The molecule has 0 saturated heterocycles. The molecule has 3 nitrogen and oxygen atoms in total. The van der Waals surface area contributed by atoms with Gasteiger partial charge in [-0.3, -0.25) is 4.79 Å². The van der Waals surface area contributed by atoms with E-state index in [1.807, 2.05) is 32.0 Å². The Hall–Kier alpha value is -2.29. The molecule has 0 heterocycles. The maximum absolute atomic E-state index is 12.6. The van der Waals surface area contributed by atoms with Crippen LogP contribution in [0.15, 0.2) is 36.4 Å². The molecule has 104 valence electrons. The van der Waals surface area contributed by atoms with Gasteiger partial charge in [-0.2, -0.15) is 0 Å². The molecule has 0 bridgehead atoms. The zero-order valence-corrected chi connectivity index (χ0v) is 12.2. The van der Waals surface area contributed by atoms with E-state index in [9.17, 15) is 4.79 Å². The van der Waals surface area contributed by atoms with E-state index >= 15 is 0 Å². The number of carbonyl (C=O) groups is 1. The zero-order valence-electron chi connectivity index (χ0n) is 12.2. The highest BCUT2D eigenvalue weighted by atomic mass is 16.5. The van der Waals surface area contributed by atoms with Crippen LogP contribution in [0.4, 0.5) is 0 Å². The van der Waals surface area contributed by atoms with Crippen LogP contribution in [0.25, 0.3) is 0 Å². The van der Waals surface area contributed by atoms with Crippen molar-refractivity contribution in [3.8, 4) is 11.5 Å². The van der Waals surface area contributed by atoms with Crippen molar-refractivity contribution in [1.82, 2.24) is 0 Å². The van der Waals surface area contributed by atoms with Crippen LogP contribution in [0.1, 0.15) is 27.0 Å². The van der Waals surface area contributed by atoms with Crippen LogP contribution in [-0.4, -0.2) is 20.0 Å². The monoisotopic (exact) mass is 270 g/mol. The molecule has 20 heavy (non-hydrogen) atoms. The summed E-state index contributed by atoms with van der Waals surface area (Å²) in [5.74, 6) is 1.17. The Morgan fingerprint density at radius 2 is 1.60 bits per heavy atom. The molecule has 2 aromatic carbocycles. The normalized spacial score (nSPS) is 10.2. The number of rotatable bonds is 4. The smallest absolute Gasteiger partial charge is 0.193 e. The molecule has 0 N–H and O–H groups in total. The minimum Gasteiger partial charge on any atom is -0.493 e. The Bertz CT molecular complexity index is 645. The lowest BCUT2D eigenvalue weighted by atomic mass is 9.97. The molecule has 0 amide bonds. The van der Waals surface area contributed by atoms with Crippen molar-refractivity contribution in [2.75, 3.05) is 14.2 Å². The Balaban J connectivity index is 2.45. The summed E-state index contributed by atoms with van der Waals surface area (Å²) < 4.78 is 10.4. The molecule has 0 aliphatic carbocycles. The molecular weight excluding hydrogens is 252 g/mol. The van der Waals surface area contributed by atoms with E-state index in [-0.39, 0.29) is 5.78 Å². The lowest BCUT2D eigenvalue weighted by Crippen LogP contribution is -2.05. The predicted octanol–water partition coefficient (Wildman–Crippen LogP) is 3.55. The predicted molar refractivity (Wildman–Crippen MR) is 78.9 cm³/mol. The molecule has 0 fully saturated rings. The van der Waals surface area contributed by atoms with Crippen LogP contribution in [0.2, 0.25) is 0 Å². The Kier molecular flexibility index (Phi) is 4.08. The lowest BCUT2D eigenvalue weighted by Gasteiger charge is -2.10. The highest BCUT2D eigenvalue weighted by Gasteiger charge is 2.14. The summed E-state index contributed by atoms with van der Waals surface area (Å²) in [6.07, 6.45) is 0. The van der Waals surface area contributed by atoms with Gasteiger partial charge < -0.3 is 9.47 Å². The molecule has 0 aromatic heterocycles. The molecule has 0 saturated carbocycles. The van der Waals surface area contributed by atoms with Crippen molar-refractivity contribution in [3.63, 3.8) is 0 Å². The summed E-state index contributed by atoms with van der Waals surface area (Å²) >= 11 is 0. The summed E-state index contributed by atoms with van der Waals surface area (Å²) in [6, 6.07) is 11.1. The van der Waals surface area contributed by atoms with E-state index in [0.29, 0.717) is 17.1 Å². The van der Waals surface area contributed by atoms with Gasteiger partial charge in [0.2, 0.25) is 0 Å². The van der Waals surface area contributed by atoms with Crippen LogP contribution < -0.4 is 9.47 Å². The average Bonchev–Trinajstić information content (AvgIpc) is 2.48. The van der Waals surface area contributed by atoms with Crippen LogP contribution in [0, 0.1) is 13.8 Å². The fourth-order valence-corrected chi connectivity index (χ4v) is 2.11. The second-order valence-electron chi connectivity index (χ2n) is 4.72. The molecule has 3 heteroatoms. The fourth-order valence-electron chi connectivity index (χ4n) is 2.11. The molecule has 0 aliphatic rings. The number of carbonyl (C=O) groups excluding carboxylic acids is 1. The van der Waals surface area contributed by atoms with Gasteiger partial charge in [0, 0.05) is 11.1 Å². The summed E-state index contributed by atoms with van der Waals surface area (Å²) in [6.45, 7) is 3.91. The van der Waals surface area contributed by atoms with Gasteiger partial charge in [-0.15, -0.1) is 0 Å². The highest BCUT2D eigenvalue weighted by Crippen LogP contribution is 2.29. The van der Waals surface area contributed by atoms with Gasteiger partial charge in [-0.1, -0.05) is 17.7 Å². The summed E-state index contributed by atoms with van der Waals surface area (Å²) in [5.41, 5.74) is 3.35. The lowest BCUT2D eigenvalue weighted by molar-refractivity contribution is 0.103. The van der Waals surface area contributed by atoms with E-state index in [1.54, 1.807) is 32.4 Å². The van der Waals surface area contributed by atoms with E-state index in [1.165, 1.54) is 0 Å². The second kappa shape index (κ2) is 5.78. The number of hydrogen-bond acceptors (Lipinski definition) is 3. The minimum atomic E-state index is -0.00727. The van der Waals surface area contributed by atoms with Gasteiger partial charge in [0.15, 0.2) is 17.3 Å². The molecule has 0 radical (unpaired) electrons. The quantitative estimate of drug-likeness (QED) is 0.797. The van der Waals surface area contributed by atoms with E-state index < -0.39 is 0 Å². The maximum atomic E-state index is 12.6. The van der Waals surface area contributed by atoms with Crippen LogP contribution >= 0.6 is 0 Å². The molecular formula is C17H18O3. The number of methoxy groups -OCH3 is 2. The number of aryl methyl sites for hydroxylation is 2. The standard InChI is InChI=1S/C17H18O3/c1-11-5-6-12(2)14(9-11)17(18)13-7-8-15(19-3)16(10-13)20-4/h5-10H,1-4H3. The third-order valence-electron chi connectivity index (χ3n) is 3.28. The number of ketones is 1. The fraction of sp³-hybridized carbons (Fsp3) is 0.235. The van der Waals surface area contributed by atoms with Crippen LogP contribution in [-0.2, 0) is 0 Å². The first-order valence-electron chi connectivity index (χ1n) is 6.40. The third-order valence-corrected chi connectivity index (χ3v) is 3.28. The van der Waals surface area contributed by atoms with E-state index in [4.69, 9.17) is 9.47 Å². The zero-order chi connectivity index (χ0) is 14.7. The largest absolute Gasteiger partial charge is 0.493 e. The summed E-state index contributed by atoms with van der Waals surface area (Å²) in [4.78, 5) is 12.6. The van der Waals surface area contributed by atoms with E-state index in [0.717, 1.165) is 16.7 Å². The van der Waals surface area contributed by atoms with Gasteiger partial charge >= 0.3 is 0 Å². The van der Waals surface area contributed by atoms with Crippen LogP contribution in [0.3, 0.4) is 0 Å². The first-order valence-corrected chi connectivity index (χ1v) is 6.40. The van der Waals surface area contributed by atoms with Gasteiger partial charge in [-0.05, 0) is 43.7 Å². The Morgan fingerprint density at radius 3 is 2.25 bits per heavy atom. The molecule has 0 unspecified atom stereocenters. The SMILES string of the molecule is COc1ccc(C(=O)c2cc(C)ccc2C)cc1OC.